The van der Waals surface area contributed by atoms with Crippen LogP contribution in [0.3, 0.4) is 0 Å². The molecule has 0 aromatic carbocycles. The highest BCUT2D eigenvalue weighted by Crippen LogP contribution is 2.34. The minimum absolute atomic E-state index is 0.0547. The maximum absolute atomic E-state index is 12.8. The van der Waals surface area contributed by atoms with Crippen LogP contribution in [0.2, 0.25) is 0 Å². The average molecular weight is 430 g/mol. The molecule has 10 heteroatoms. The van der Waals surface area contributed by atoms with Gasteiger partial charge >= 0.3 is 6.18 Å². The van der Waals surface area contributed by atoms with E-state index in [1.807, 2.05) is 30.7 Å². The lowest BCUT2D eigenvalue weighted by atomic mass is 9.93. The molecule has 4 aromatic heterocycles. The number of hydrogen-bond donors (Lipinski definition) is 1. The van der Waals surface area contributed by atoms with E-state index in [9.17, 15) is 18.0 Å². The highest BCUT2D eigenvalue weighted by molar-refractivity contribution is 6.02. The van der Waals surface area contributed by atoms with Crippen LogP contribution in [0.1, 0.15) is 25.1 Å². The van der Waals surface area contributed by atoms with Crippen LogP contribution in [0, 0.1) is 5.92 Å². The first-order valence-corrected chi connectivity index (χ1v) is 10.1. The minimum Gasteiger partial charge on any atom is -0.346 e. The molecule has 1 N–H and O–H groups in total. The van der Waals surface area contributed by atoms with Crippen LogP contribution >= 0.6 is 0 Å². The molecular formula is C21H21F3N6O. The van der Waals surface area contributed by atoms with Crippen molar-refractivity contribution in [2.24, 2.45) is 5.92 Å². The fraction of sp³-hybridized carbons (Fsp3) is 0.381. The van der Waals surface area contributed by atoms with Gasteiger partial charge in [-0.2, -0.15) is 18.3 Å². The number of nitrogens with one attached hydrogen (secondary N) is 1. The molecule has 1 aliphatic rings. The Kier molecular flexibility index (Phi) is 4.53. The van der Waals surface area contributed by atoms with E-state index in [2.05, 4.69) is 26.6 Å². The van der Waals surface area contributed by atoms with Crippen molar-refractivity contribution in [1.82, 2.24) is 29.2 Å². The Labute approximate surface area is 175 Å². The summed E-state index contributed by atoms with van der Waals surface area (Å²) in [5.74, 6) is 0.0991. The van der Waals surface area contributed by atoms with E-state index < -0.39 is 11.9 Å². The standard InChI is InChI=1S/C21H21F3N6O/c1-13-3-7-28(18(31)12-29-8-5-17(27-29)21(22,23)24)11-16(13)30-9-4-14-10-26-20-15(19(14)30)2-6-25-20/h2,4-6,8-10,13,16H,3,7,11-12H2,1H3,(H,25,26)/t13-,16+/m1/s1. The van der Waals surface area contributed by atoms with Crippen molar-refractivity contribution in [3.05, 3.63) is 48.7 Å². The number of aromatic amines is 1. The molecule has 0 saturated carbocycles. The van der Waals surface area contributed by atoms with Gasteiger partial charge in [0, 0.05) is 48.6 Å². The van der Waals surface area contributed by atoms with Crippen molar-refractivity contribution >= 4 is 27.8 Å². The Morgan fingerprint density at radius 3 is 2.87 bits per heavy atom. The number of amides is 1. The van der Waals surface area contributed by atoms with Crippen LogP contribution in [0.5, 0.6) is 0 Å². The molecule has 0 bridgehead atoms. The fourth-order valence-electron chi connectivity index (χ4n) is 4.41. The van der Waals surface area contributed by atoms with Gasteiger partial charge in [-0.3, -0.25) is 9.48 Å². The Morgan fingerprint density at radius 2 is 2.10 bits per heavy atom. The normalized spacial score (nSPS) is 20.1. The van der Waals surface area contributed by atoms with E-state index >= 15 is 0 Å². The van der Waals surface area contributed by atoms with Gasteiger partial charge in [-0.15, -0.1) is 0 Å². The number of carbonyl (C=O) groups is 1. The number of H-pyrrole nitrogens is 1. The second-order valence-electron chi connectivity index (χ2n) is 8.09. The molecule has 4 aromatic rings. The number of piperidine rings is 1. The number of nitrogens with zero attached hydrogens (tertiary/aromatic N) is 5. The van der Waals surface area contributed by atoms with Gasteiger partial charge in [0.1, 0.15) is 12.2 Å². The van der Waals surface area contributed by atoms with Crippen LogP contribution in [-0.2, 0) is 17.5 Å². The molecule has 1 fully saturated rings. The third-order valence-corrected chi connectivity index (χ3v) is 6.12. The third-order valence-electron chi connectivity index (χ3n) is 6.12. The summed E-state index contributed by atoms with van der Waals surface area (Å²) in [7, 11) is 0. The molecule has 0 spiro atoms. The average Bonchev–Trinajstić information content (AvgIpc) is 3.46. The molecule has 7 nitrogen and oxygen atoms in total. The predicted octanol–water partition coefficient (Wildman–Crippen LogP) is 3.84. The summed E-state index contributed by atoms with van der Waals surface area (Å²) in [5, 5.41) is 5.55. The zero-order valence-corrected chi connectivity index (χ0v) is 16.8. The number of alkyl halides is 3. The highest BCUT2D eigenvalue weighted by Gasteiger charge is 2.34. The van der Waals surface area contributed by atoms with Gasteiger partial charge in [0.05, 0.1) is 11.6 Å². The summed E-state index contributed by atoms with van der Waals surface area (Å²) in [6.07, 6.45) is 3.19. The number of pyridine rings is 1. The molecule has 162 valence electrons. The summed E-state index contributed by atoms with van der Waals surface area (Å²) in [4.78, 5) is 22.1. The molecule has 31 heavy (non-hydrogen) atoms. The van der Waals surface area contributed by atoms with Gasteiger partial charge in [-0.25, -0.2) is 4.98 Å². The topological polar surface area (TPSA) is 71.7 Å². The first-order valence-electron chi connectivity index (χ1n) is 10.1. The molecular weight excluding hydrogens is 409 g/mol. The van der Waals surface area contributed by atoms with E-state index in [0.717, 1.165) is 39.1 Å². The summed E-state index contributed by atoms with van der Waals surface area (Å²) in [6.45, 7) is 3.02. The fourth-order valence-corrected chi connectivity index (χ4v) is 4.41. The molecule has 5 rings (SSSR count). The lowest BCUT2D eigenvalue weighted by molar-refractivity contribution is -0.142. The minimum atomic E-state index is -4.52. The summed E-state index contributed by atoms with van der Waals surface area (Å²) in [6, 6.07) is 4.95. The van der Waals surface area contributed by atoms with Crippen molar-refractivity contribution in [2.45, 2.75) is 32.1 Å². The zero-order chi connectivity index (χ0) is 21.8. The second kappa shape index (κ2) is 7.14. The molecule has 1 amide bonds. The van der Waals surface area contributed by atoms with E-state index in [-0.39, 0.29) is 18.5 Å². The van der Waals surface area contributed by atoms with Crippen LogP contribution in [0.15, 0.2) is 43.0 Å². The van der Waals surface area contributed by atoms with Crippen LogP contribution in [-0.4, -0.2) is 48.2 Å². The van der Waals surface area contributed by atoms with Gasteiger partial charge in [-0.1, -0.05) is 6.92 Å². The lowest BCUT2D eigenvalue weighted by Gasteiger charge is -2.38. The number of rotatable bonds is 3. The number of aromatic nitrogens is 5. The van der Waals surface area contributed by atoms with Crippen LogP contribution in [0.4, 0.5) is 13.2 Å². The Morgan fingerprint density at radius 1 is 1.26 bits per heavy atom. The van der Waals surface area contributed by atoms with E-state index in [1.165, 1.54) is 6.20 Å². The second-order valence-corrected chi connectivity index (χ2v) is 8.09. The molecule has 1 aliphatic heterocycles. The smallest absolute Gasteiger partial charge is 0.346 e. The highest BCUT2D eigenvalue weighted by atomic mass is 19.4. The van der Waals surface area contributed by atoms with Crippen molar-refractivity contribution < 1.29 is 18.0 Å². The van der Waals surface area contributed by atoms with Gasteiger partial charge in [0.15, 0.2) is 5.69 Å². The predicted molar refractivity (Wildman–Crippen MR) is 108 cm³/mol. The van der Waals surface area contributed by atoms with Crippen molar-refractivity contribution in [3.8, 4) is 0 Å². The Balaban J connectivity index is 1.39. The van der Waals surface area contributed by atoms with Crippen molar-refractivity contribution in [1.29, 1.82) is 0 Å². The quantitative estimate of drug-likeness (QED) is 0.537. The van der Waals surface area contributed by atoms with E-state index in [4.69, 9.17) is 0 Å². The van der Waals surface area contributed by atoms with E-state index in [1.54, 1.807) is 4.90 Å². The van der Waals surface area contributed by atoms with Crippen molar-refractivity contribution in [3.63, 3.8) is 0 Å². The monoisotopic (exact) mass is 430 g/mol. The first-order chi connectivity index (χ1) is 14.8. The van der Waals surface area contributed by atoms with Crippen LogP contribution < -0.4 is 0 Å². The zero-order valence-electron chi connectivity index (χ0n) is 16.8. The largest absolute Gasteiger partial charge is 0.435 e. The molecule has 1 saturated heterocycles. The molecule has 0 radical (unpaired) electrons. The molecule has 2 atom stereocenters. The number of halogens is 3. The Hall–Kier alpha value is -3.30. The van der Waals surface area contributed by atoms with Gasteiger partial charge < -0.3 is 14.5 Å². The first kappa shape index (κ1) is 19.7. The Bertz CT molecular complexity index is 1250. The van der Waals surface area contributed by atoms with E-state index in [0.29, 0.717) is 19.0 Å². The summed E-state index contributed by atoms with van der Waals surface area (Å²) in [5.41, 5.74) is 0.885. The SMILES string of the molecule is C[C@@H]1CCN(C(=O)Cn2ccc(C(F)(F)F)n2)C[C@@H]1n1ccc2cnc3[nH]ccc3c21. The molecule has 0 unspecified atom stereocenters. The maximum atomic E-state index is 12.8. The number of likely N-dealkylation sites (tertiary alicyclic amines) is 1. The number of hydrogen-bond acceptors (Lipinski definition) is 3. The maximum Gasteiger partial charge on any atom is 0.435 e. The van der Waals surface area contributed by atoms with Gasteiger partial charge in [0.2, 0.25) is 5.91 Å². The third kappa shape index (κ3) is 3.45. The number of carbonyl (C=O) groups excluding carboxylic acids is 1. The molecule has 5 heterocycles. The number of fused-ring (bicyclic) bond motifs is 3. The van der Waals surface area contributed by atoms with Crippen molar-refractivity contribution in [2.75, 3.05) is 13.1 Å². The summed E-state index contributed by atoms with van der Waals surface area (Å²) >= 11 is 0. The summed E-state index contributed by atoms with van der Waals surface area (Å²) < 4.78 is 41.6. The van der Waals surface area contributed by atoms with Gasteiger partial charge in [-0.05, 0) is 30.5 Å². The lowest BCUT2D eigenvalue weighted by Crippen LogP contribution is -2.45. The molecule has 0 aliphatic carbocycles. The van der Waals surface area contributed by atoms with Gasteiger partial charge in [0.25, 0.3) is 0 Å². The van der Waals surface area contributed by atoms with Crippen LogP contribution in [0.25, 0.3) is 21.9 Å².